The Balaban J connectivity index is 2.41. The summed E-state index contributed by atoms with van der Waals surface area (Å²) in [6, 6.07) is 4.97. The fourth-order valence-corrected chi connectivity index (χ4v) is 4.07. The summed E-state index contributed by atoms with van der Waals surface area (Å²) in [4.78, 5) is 2.13. The lowest BCUT2D eigenvalue weighted by Gasteiger charge is -2.39. The van der Waals surface area contributed by atoms with Crippen molar-refractivity contribution in [3.05, 3.63) is 18.2 Å². The molecule has 106 valence electrons. The number of nitrogen functional groups attached to an aromatic ring is 1. The van der Waals surface area contributed by atoms with Crippen molar-refractivity contribution in [1.82, 2.24) is 0 Å². The van der Waals surface area contributed by atoms with Crippen LogP contribution in [-0.2, 0) is 10.0 Å². The van der Waals surface area contributed by atoms with Gasteiger partial charge in [-0.2, -0.15) is 11.8 Å². The number of nitrogens with zero attached hydrogens (tertiary/aromatic N) is 1. The Morgan fingerprint density at radius 3 is 2.63 bits per heavy atom. The van der Waals surface area contributed by atoms with Crippen molar-refractivity contribution in [3.8, 4) is 0 Å². The van der Waals surface area contributed by atoms with Crippen LogP contribution >= 0.6 is 11.8 Å². The second-order valence-corrected chi connectivity index (χ2v) is 8.60. The van der Waals surface area contributed by atoms with Crippen molar-refractivity contribution in [1.29, 1.82) is 0 Å². The van der Waals surface area contributed by atoms with Crippen LogP contribution in [0.1, 0.15) is 13.8 Å². The van der Waals surface area contributed by atoms with E-state index in [1.54, 1.807) is 6.07 Å². The van der Waals surface area contributed by atoms with Crippen LogP contribution in [0, 0.1) is 0 Å². The van der Waals surface area contributed by atoms with Crippen molar-refractivity contribution in [3.63, 3.8) is 0 Å². The summed E-state index contributed by atoms with van der Waals surface area (Å²) >= 11 is 1.91. The molecule has 19 heavy (non-hydrogen) atoms. The summed E-state index contributed by atoms with van der Waals surface area (Å²) in [6.45, 7) is 6.02. The first-order valence-electron chi connectivity index (χ1n) is 6.01. The normalized spacial score (nSPS) is 19.4. The van der Waals surface area contributed by atoms with Crippen LogP contribution in [0.4, 0.5) is 11.4 Å². The van der Waals surface area contributed by atoms with Gasteiger partial charge < -0.3 is 10.6 Å². The quantitative estimate of drug-likeness (QED) is 0.802. The zero-order valence-corrected chi connectivity index (χ0v) is 12.7. The molecule has 5 nitrogen and oxygen atoms in total. The number of para-hydroxylation sites is 1. The Morgan fingerprint density at radius 1 is 1.37 bits per heavy atom. The van der Waals surface area contributed by atoms with Crippen molar-refractivity contribution in [2.24, 2.45) is 5.14 Å². The van der Waals surface area contributed by atoms with E-state index in [1.807, 2.05) is 17.8 Å². The average Bonchev–Trinajstić information content (AvgIpc) is 2.26. The first kappa shape index (κ1) is 14.5. The molecule has 0 aromatic heterocycles. The summed E-state index contributed by atoms with van der Waals surface area (Å²) < 4.78 is 23.1. The molecule has 1 aliphatic heterocycles. The third-order valence-corrected chi connectivity index (χ3v) is 5.38. The molecule has 1 saturated heterocycles. The molecule has 4 N–H and O–H groups in total. The number of anilines is 2. The number of thioether (sulfide) groups is 1. The van der Waals surface area contributed by atoms with Gasteiger partial charge >= 0.3 is 0 Å². The number of rotatable bonds is 2. The minimum absolute atomic E-state index is 0.000956. The average molecular weight is 301 g/mol. The van der Waals surface area contributed by atoms with Crippen LogP contribution in [0.3, 0.4) is 0 Å². The van der Waals surface area contributed by atoms with Crippen LogP contribution < -0.4 is 15.8 Å². The van der Waals surface area contributed by atoms with Gasteiger partial charge in [0.1, 0.15) is 4.90 Å². The Hall–Kier alpha value is -0.920. The first-order valence-corrected chi connectivity index (χ1v) is 8.54. The van der Waals surface area contributed by atoms with Crippen molar-refractivity contribution < 1.29 is 8.42 Å². The van der Waals surface area contributed by atoms with Gasteiger partial charge in [-0.05, 0) is 26.0 Å². The second kappa shape index (κ2) is 4.88. The smallest absolute Gasteiger partial charge is 0.240 e. The number of nitrogens with two attached hydrogens (primary N) is 2. The van der Waals surface area contributed by atoms with Gasteiger partial charge in [-0.1, -0.05) is 6.07 Å². The molecule has 0 unspecified atom stereocenters. The van der Waals surface area contributed by atoms with E-state index in [4.69, 9.17) is 10.9 Å². The highest BCUT2D eigenvalue weighted by Gasteiger charge is 2.29. The molecule has 0 saturated carbocycles. The molecule has 2 rings (SSSR count). The minimum atomic E-state index is -3.78. The predicted molar refractivity (Wildman–Crippen MR) is 81.0 cm³/mol. The Labute approximate surface area is 118 Å². The largest absolute Gasteiger partial charge is 0.396 e. The summed E-state index contributed by atoms with van der Waals surface area (Å²) in [5, 5.41) is 5.18. The molecule has 7 heteroatoms. The molecule has 0 aliphatic carbocycles. The van der Waals surface area contributed by atoms with Crippen molar-refractivity contribution in [2.45, 2.75) is 23.5 Å². The van der Waals surface area contributed by atoms with E-state index < -0.39 is 10.0 Å². The van der Waals surface area contributed by atoms with E-state index in [2.05, 4.69) is 18.7 Å². The summed E-state index contributed by atoms with van der Waals surface area (Å²) in [5.74, 6) is 0.992. The molecule has 0 atom stereocenters. The maximum Gasteiger partial charge on any atom is 0.240 e. The molecular formula is C12H19N3O2S2. The lowest BCUT2D eigenvalue weighted by atomic mass is 10.1. The van der Waals surface area contributed by atoms with Crippen LogP contribution in [0.25, 0.3) is 0 Å². The van der Waals surface area contributed by atoms with Crippen molar-refractivity contribution >= 4 is 33.2 Å². The molecule has 1 aliphatic rings. The fourth-order valence-electron chi connectivity index (χ4n) is 2.28. The van der Waals surface area contributed by atoms with Gasteiger partial charge in [-0.15, -0.1) is 0 Å². The number of benzene rings is 1. The Morgan fingerprint density at radius 2 is 2.05 bits per heavy atom. The molecule has 1 fully saturated rings. The fraction of sp³-hybridized carbons (Fsp3) is 0.500. The monoisotopic (exact) mass is 301 g/mol. The van der Waals surface area contributed by atoms with E-state index in [0.29, 0.717) is 0 Å². The molecule has 0 spiro atoms. The van der Waals surface area contributed by atoms with Gasteiger partial charge in [0, 0.05) is 23.6 Å². The highest BCUT2D eigenvalue weighted by molar-refractivity contribution is 8.00. The van der Waals surface area contributed by atoms with E-state index in [-0.39, 0.29) is 15.3 Å². The third-order valence-electron chi connectivity index (χ3n) is 3.12. The Bertz CT molecular complexity index is 585. The molecular weight excluding hydrogens is 282 g/mol. The van der Waals surface area contributed by atoms with Crippen LogP contribution in [-0.4, -0.2) is 32.0 Å². The van der Waals surface area contributed by atoms with E-state index >= 15 is 0 Å². The van der Waals surface area contributed by atoms with Crippen LogP contribution in [0.5, 0.6) is 0 Å². The van der Waals surface area contributed by atoms with Gasteiger partial charge in [0.15, 0.2) is 0 Å². The van der Waals surface area contributed by atoms with Gasteiger partial charge in [-0.3, -0.25) is 0 Å². The number of sulfonamides is 1. The standard InChI is InChI=1S/C12H19N3O2S2/c1-12(2)8-15(6-7-18-12)9-4-3-5-10(11(9)13)19(14,16)17/h3-5H,6-8,13H2,1-2H3,(H2,14,16,17). The van der Waals surface area contributed by atoms with Gasteiger partial charge in [-0.25, -0.2) is 13.6 Å². The second-order valence-electron chi connectivity index (χ2n) is 5.26. The topological polar surface area (TPSA) is 89.4 Å². The summed E-state index contributed by atoms with van der Waals surface area (Å²) in [7, 11) is -3.78. The van der Waals surface area contributed by atoms with Crippen LogP contribution in [0.15, 0.2) is 23.1 Å². The maximum absolute atomic E-state index is 11.5. The van der Waals surface area contributed by atoms with Gasteiger partial charge in [0.25, 0.3) is 0 Å². The van der Waals surface area contributed by atoms with E-state index in [1.165, 1.54) is 6.07 Å². The van der Waals surface area contributed by atoms with E-state index in [9.17, 15) is 8.42 Å². The molecule has 0 radical (unpaired) electrons. The van der Waals surface area contributed by atoms with E-state index in [0.717, 1.165) is 24.5 Å². The van der Waals surface area contributed by atoms with Gasteiger partial charge in [0.2, 0.25) is 10.0 Å². The number of hydrogen-bond donors (Lipinski definition) is 2. The maximum atomic E-state index is 11.5. The number of primary sulfonamides is 1. The molecule has 1 aromatic carbocycles. The predicted octanol–water partition coefficient (Wildman–Crippen LogP) is 1.25. The molecule has 0 bridgehead atoms. The van der Waals surface area contributed by atoms with Gasteiger partial charge in [0.05, 0.1) is 11.4 Å². The molecule has 1 heterocycles. The van der Waals surface area contributed by atoms with Crippen LogP contribution in [0.2, 0.25) is 0 Å². The first-order chi connectivity index (χ1) is 8.71. The summed E-state index contributed by atoms with van der Waals surface area (Å²) in [5.41, 5.74) is 6.97. The lowest BCUT2D eigenvalue weighted by molar-refractivity contribution is 0.598. The highest BCUT2D eigenvalue weighted by Crippen LogP contribution is 2.36. The highest BCUT2D eigenvalue weighted by atomic mass is 32.2. The molecule has 1 aromatic rings. The third kappa shape index (κ3) is 3.16. The lowest BCUT2D eigenvalue weighted by Crippen LogP contribution is -2.43. The SMILES string of the molecule is CC1(C)CN(c2cccc(S(N)(=O)=O)c2N)CCS1. The Kier molecular flexibility index (Phi) is 3.72. The number of hydrogen-bond acceptors (Lipinski definition) is 5. The van der Waals surface area contributed by atoms with Crippen molar-refractivity contribution in [2.75, 3.05) is 29.5 Å². The molecule has 0 amide bonds. The summed E-state index contributed by atoms with van der Waals surface area (Å²) in [6.07, 6.45) is 0. The zero-order chi connectivity index (χ0) is 14.3. The zero-order valence-electron chi connectivity index (χ0n) is 11.1. The minimum Gasteiger partial charge on any atom is -0.396 e.